The van der Waals surface area contributed by atoms with Crippen LogP contribution in [-0.2, 0) is 6.54 Å². The number of hydrogen-bond donors (Lipinski definition) is 0. The standard InChI is InChI=1S/C20H20N4O/c25-20(18-7-1-5-17-6-3-9-22-19(17)18)24-12-10-23(11-13-24)15-16-4-2-8-21-14-16/h1-9,14H,10-13,15H2. The van der Waals surface area contributed by atoms with Gasteiger partial charge in [-0.3, -0.25) is 19.7 Å². The lowest BCUT2D eigenvalue weighted by Crippen LogP contribution is -2.48. The summed E-state index contributed by atoms with van der Waals surface area (Å²) in [5.74, 6) is 0.0744. The summed E-state index contributed by atoms with van der Waals surface area (Å²) >= 11 is 0. The maximum absolute atomic E-state index is 12.9. The summed E-state index contributed by atoms with van der Waals surface area (Å²) in [6, 6.07) is 13.7. The maximum atomic E-state index is 12.9. The van der Waals surface area contributed by atoms with Gasteiger partial charge in [0.25, 0.3) is 5.91 Å². The Labute approximate surface area is 146 Å². The molecule has 0 N–H and O–H groups in total. The summed E-state index contributed by atoms with van der Waals surface area (Å²) in [5.41, 5.74) is 2.69. The Kier molecular flexibility index (Phi) is 4.39. The number of aromatic nitrogens is 2. The Bertz CT molecular complexity index is 868. The largest absolute Gasteiger partial charge is 0.336 e. The van der Waals surface area contributed by atoms with Crippen molar-refractivity contribution in [3.8, 4) is 0 Å². The molecule has 0 unspecified atom stereocenters. The Morgan fingerprint density at radius 2 is 1.76 bits per heavy atom. The number of piperazine rings is 1. The molecule has 0 atom stereocenters. The average molecular weight is 332 g/mol. The zero-order valence-electron chi connectivity index (χ0n) is 14.0. The molecule has 1 aliphatic heterocycles. The zero-order valence-corrected chi connectivity index (χ0v) is 14.0. The maximum Gasteiger partial charge on any atom is 0.256 e. The smallest absolute Gasteiger partial charge is 0.256 e. The van der Waals surface area contributed by atoms with Crippen LogP contribution in [0.25, 0.3) is 10.9 Å². The normalized spacial score (nSPS) is 15.4. The second-order valence-corrected chi connectivity index (χ2v) is 6.31. The minimum absolute atomic E-state index is 0.0744. The van der Waals surface area contributed by atoms with Crippen LogP contribution in [0.2, 0.25) is 0 Å². The highest BCUT2D eigenvalue weighted by Gasteiger charge is 2.23. The van der Waals surface area contributed by atoms with Crippen molar-refractivity contribution in [3.63, 3.8) is 0 Å². The molecule has 0 radical (unpaired) electrons. The van der Waals surface area contributed by atoms with Crippen molar-refractivity contribution in [2.75, 3.05) is 26.2 Å². The van der Waals surface area contributed by atoms with Crippen LogP contribution in [0.3, 0.4) is 0 Å². The van der Waals surface area contributed by atoms with Crippen LogP contribution < -0.4 is 0 Å². The van der Waals surface area contributed by atoms with Crippen molar-refractivity contribution >= 4 is 16.8 Å². The van der Waals surface area contributed by atoms with Crippen LogP contribution >= 0.6 is 0 Å². The Morgan fingerprint density at radius 3 is 2.56 bits per heavy atom. The fraction of sp³-hybridized carbons (Fsp3) is 0.250. The number of fused-ring (bicyclic) bond motifs is 1. The Morgan fingerprint density at radius 1 is 0.960 bits per heavy atom. The van der Waals surface area contributed by atoms with Crippen molar-refractivity contribution in [1.29, 1.82) is 0 Å². The van der Waals surface area contributed by atoms with Crippen LogP contribution in [0.1, 0.15) is 15.9 Å². The molecule has 1 aromatic carbocycles. The van der Waals surface area contributed by atoms with E-state index in [2.05, 4.69) is 20.9 Å². The summed E-state index contributed by atoms with van der Waals surface area (Å²) in [6.45, 7) is 4.11. The van der Waals surface area contributed by atoms with E-state index in [4.69, 9.17) is 0 Å². The number of rotatable bonds is 3. The van der Waals surface area contributed by atoms with E-state index in [9.17, 15) is 4.79 Å². The van der Waals surface area contributed by atoms with Gasteiger partial charge in [-0.15, -0.1) is 0 Å². The number of para-hydroxylation sites is 1. The molecule has 5 heteroatoms. The highest BCUT2D eigenvalue weighted by molar-refractivity contribution is 6.05. The molecule has 4 rings (SSSR count). The average Bonchev–Trinajstić information content (AvgIpc) is 2.68. The molecular weight excluding hydrogens is 312 g/mol. The molecular formula is C20H20N4O. The molecule has 2 aromatic heterocycles. The van der Waals surface area contributed by atoms with Gasteiger partial charge in [0, 0.05) is 56.7 Å². The summed E-state index contributed by atoms with van der Waals surface area (Å²) in [7, 11) is 0. The van der Waals surface area contributed by atoms with Crippen molar-refractivity contribution in [2.45, 2.75) is 6.54 Å². The Balaban J connectivity index is 1.44. The van der Waals surface area contributed by atoms with Gasteiger partial charge in [-0.05, 0) is 23.8 Å². The number of carbonyl (C=O) groups is 1. The topological polar surface area (TPSA) is 49.3 Å². The summed E-state index contributed by atoms with van der Waals surface area (Å²) in [6.07, 6.45) is 5.43. The monoisotopic (exact) mass is 332 g/mol. The van der Waals surface area contributed by atoms with Gasteiger partial charge in [0.2, 0.25) is 0 Å². The molecule has 0 spiro atoms. The highest BCUT2D eigenvalue weighted by Crippen LogP contribution is 2.19. The minimum Gasteiger partial charge on any atom is -0.336 e. The molecule has 0 aliphatic carbocycles. The quantitative estimate of drug-likeness (QED) is 0.740. The van der Waals surface area contributed by atoms with E-state index in [-0.39, 0.29) is 5.91 Å². The molecule has 1 fully saturated rings. The number of hydrogen-bond acceptors (Lipinski definition) is 4. The predicted octanol–water partition coefficient (Wildman–Crippen LogP) is 2.59. The van der Waals surface area contributed by atoms with Crippen LogP contribution in [-0.4, -0.2) is 51.9 Å². The fourth-order valence-electron chi connectivity index (χ4n) is 3.31. The van der Waals surface area contributed by atoms with Crippen LogP contribution in [0.4, 0.5) is 0 Å². The summed E-state index contributed by atoms with van der Waals surface area (Å²) in [4.78, 5) is 25.8. The van der Waals surface area contributed by atoms with Gasteiger partial charge in [-0.2, -0.15) is 0 Å². The molecule has 5 nitrogen and oxygen atoms in total. The summed E-state index contributed by atoms with van der Waals surface area (Å²) < 4.78 is 0. The van der Waals surface area contributed by atoms with E-state index >= 15 is 0 Å². The van der Waals surface area contributed by atoms with Crippen molar-refractivity contribution < 1.29 is 4.79 Å². The van der Waals surface area contributed by atoms with E-state index in [1.807, 2.05) is 47.5 Å². The van der Waals surface area contributed by atoms with E-state index in [1.165, 1.54) is 5.56 Å². The first-order valence-corrected chi connectivity index (χ1v) is 8.55. The molecule has 1 aliphatic rings. The third kappa shape index (κ3) is 3.37. The second kappa shape index (κ2) is 6.99. The zero-order chi connectivity index (χ0) is 17.1. The van der Waals surface area contributed by atoms with Gasteiger partial charge in [0.05, 0.1) is 11.1 Å². The van der Waals surface area contributed by atoms with Gasteiger partial charge in [-0.1, -0.05) is 24.3 Å². The van der Waals surface area contributed by atoms with Crippen molar-refractivity contribution in [3.05, 3.63) is 72.2 Å². The lowest BCUT2D eigenvalue weighted by Gasteiger charge is -2.34. The van der Waals surface area contributed by atoms with Crippen LogP contribution in [0, 0.1) is 0 Å². The predicted molar refractivity (Wildman–Crippen MR) is 97.2 cm³/mol. The highest BCUT2D eigenvalue weighted by atomic mass is 16.2. The number of amides is 1. The SMILES string of the molecule is O=C(c1cccc2cccnc12)N1CCN(Cc2cccnc2)CC1. The third-order valence-corrected chi connectivity index (χ3v) is 4.65. The first-order valence-electron chi connectivity index (χ1n) is 8.55. The summed E-state index contributed by atoms with van der Waals surface area (Å²) in [5, 5.41) is 1.00. The molecule has 126 valence electrons. The van der Waals surface area contributed by atoms with Gasteiger partial charge >= 0.3 is 0 Å². The van der Waals surface area contributed by atoms with Crippen LogP contribution in [0.5, 0.6) is 0 Å². The molecule has 1 saturated heterocycles. The van der Waals surface area contributed by atoms with Gasteiger partial charge in [0.15, 0.2) is 0 Å². The van der Waals surface area contributed by atoms with Gasteiger partial charge < -0.3 is 4.90 Å². The molecule has 0 bridgehead atoms. The number of nitrogens with zero attached hydrogens (tertiary/aromatic N) is 4. The lowest BCUT2D eigenvalue weighted by atomic mass is 10.1. The van der Waals surface area contributed by atoms with Gasteiger partial charge in [0.1, 0.15) is 0 Å². The number of pyridine rings is 2. The molecule has 1 amide bonds. The van der Waals surface area contributed by atoms with Crippen LogP contribution in [0.15, 0.2) is 61.1 Å². The molecule has 3 heterocycles. The number of benzene rings is 1. The first kappa shape index (κ1) is 15.7. The third-order valence-electron chi connectivity index (χ3n) is 4.65. The first-order chi connectivity index (χ1) is 12.3. The molecule has 25 heavy (non-hydrogen) atoms. The second-order valence-electron chi connectivity index (χ2n) is 6.31. The lowest BCUT2D eigenvalue weighted by molar-refractivity contribution is 0.0630. The number of carbonyl (C=O) groups excluding carboxylic acids is 1. The van der Waals surface area contributed by atoms with E-state index in [1.54, 1.807) is 12.4 Å². The van der Waals surface area contributed by atoms with Crippen molar-refractivity contribution in [2.24, 2.45) is 0 Å². The minimum atomic E-state index is 0.0744. The Hall–Kier alpha value is -2.79. The fourth-order valence-corrected chi connectivity index (χ4v) is 3.31. The van der Waals surface area contributed by atoms with Gasteiger partial charge in [-0.25, -0.2) is 0 Å². The van der Waals surface area contributed by atoms with E-state index in [0.717, 1.165) is 43.6 Å². The molecule has 0 saturated carbocycles. The van der Waals surface area contributed by atoms with Crippen molar-refractivity contribution in [1.82, 2.24) is 19.8 Å². The van der Waals surface area contributed by atoms with E-state index < -0.39 is 0 Å². The van der Waals surface area contributed by atoms with E-state index in [0.29, 0.717) is 5.56 Å². The molecule has 3 aromatic rings.